The molecule has 0 N–H and O–H groups in total. The van der Waals surface area contributed by atoms with Gasteiger partial charge in [0, 0.05) is 56.2 Å². The number of benzene rings is 15. The van der Waals surface area contributed by atoms with Gasteiger partial charge in [-0.2, -0.15) is 0 Å². The lowest BCUT2D eigenvalue weighted by atomic mass is 9.85. The maximum absolute atomic E-state index is 13.9. The Morgan fingerprint density at radius 2 is 0.443 bits per heavy atom. The van der Waals surface area contributed by atoms with Crippen LogP contribution in [0.4, 0.5) is 51.2 Å². The van der Waals surface area contributed by atoms with Crippen LogP contribution in [0.2, 0.25) is 0 Å². The number of nitrogens with zero attached hydrogens (tertiary/aromatic N) is 3. The molecular weight excluding hydrogens is 1190 g/mol. The predicted octanol–water partition coefficient (Wildman–Crippen LogP) is 22.4. The molecule has 15 rings (SSSR count). The molecule has 15 aromatic carbocycles. The van der Waals surface area contributed by atoms with Crippen LogP contribution in [0.3, 0.4) is 0 Å². The second kappa shape index (κ2) is 27.2. The Bertz CT molecular complexity index is 4740. The summed E-state index contributed by atoms with van der Waals surface area (Å²) in [5.41, 5.74) is 12.5. The molecule has 0 fully saturated rings. The van der Waals surface area contributed by atoms with Crippen LogP contribution in [0, 0.1) is 0 Å². The second-order valence-corrected chi connectivity index (χ2v) is 23.5. The average molecular weight is 1260 g/mol. The number of ether oxygens (including phenoxy) is 3. The summed E-state index contributed by atoms with van der Waals surface area (Å²) in [6, 6.07) is 119. The molecule has 0 atom stereocenters. The third kappa shape index (κ3) is 12.8. The lowest BCUT2D eigenvalue weighted by Gasteiger charge is -2.27. The normalized spacial score (nSPS) is 11.1. The molecule has 15 aromatic rings. The van der Waals surface area contributed by atoms with E-state index >= 15 is 0 Å². The van der Waals surface area contributed by atoms with Crippen LogP contribution in [-0.2, 0) is 0 Å². The number of carbonyl (C=O) groups excluding carboxylic acids is 3. The minimum Gasteiger partial charge on any atom is -0.423 e. The van der Waals surface area contributed by atoms with E-state index in [1.54, 1.807) is 72.8 Å². The van der Waals surface area contributed by atoms with E-state index in [4.69, 9.17) is 14.2 Å². The van der Waals surface area contributed by atoms with E-state index in [9.17, 15) is 14.4 Å². The SMILES string of the molecule is O=C(Oc1ccc(C(c2ccc(OC(=O)c3ccc(N(c4ccccc4)c4cccc5ccccc45)cc3)cc2)c2ccc(OC(=O)c3ccc(N(c4ccccc4)c4cccc5ccccc45)cc3)cc2)cc1)c1ccc(N(c2ccccc2)c2cccc3ccccc23)cc1. The smallest absolute Gasteiger partial charge is 0.343 e. The molecule has 0 unspecified atom stereocenters. The van der Waals surface area contributed by atoms with Gasteiger partial charge in [0.25, 0.3) is 0 Å². The summed E-state index contributed by atoms with van der Waals surface area (Å²) in [5.74, 6) is -0.770. The molecule has 0 aromatic heterocycles. The minimum absolute atomic E-state index is 0.367. The number of anilines is 9. The van der Waals surface area contributed by atoms with Crippen molar-refractivity contribution in [1.82, 2.24) is 0 Å². The third-order valence-corrected chi connectivity index (χ3v) is 17.4. The van der Waals surface area contributed by atoms with Gasteiger partial charge in [0.15, 0.2) is 0 Å². The molecule has 97 heavy (non-hydrogen) atoms. The zero-order valence-corrected chi connectivity index (χ0v) is 52.5. The average Bonchev–Trinajstić information content (AvgIpc) is 3.83. The summed E-state index contributed by atoms with van der Waals surface area (Å²) in [4.78, 5) is 48.4. The van der Waals surface area contributed by atoms with Gasteiger partial charge in [0.05, 0.1) is 33.8 Å². The number of hydrogen-bond donors (Lipinski definition) is 0. The highest BCUT2D eigenvalue weighted by Crippen LogP contribution is 2.43. The third-order valence-electron chi connectivity index (χ3n) is 17.4. The second-order valence-electron chi connectivity index (χ2n) is 23.5. The van der Waals surface area contributed by atoms with Crippen molar-refractivity contribution in [3.63, 3.8) is 0 Å². The molecule has 0 aliphatic carbocycles. The molecule has 0 amide bonds. The minimum atomic E-state index is -0.500. The maximum atomic E-state index is 13.9. The molecule has 0 spiro atoms. The van der Waals surface area contributed by atoms with Crippen LogP contribution in [0.1, 0.15) is 53.7 Å². The van der Waals surface area contributed by atoms with Crippen molar-refractivity contribution in [2.45, 2.75) is 5.92 Å². The Balaban J connectivity index is 0.682. The largest absolute Gasteiger partial charge is 0.423 e. The van der Waals surface area contributed by atoms with E-state index in [-0.39, 0.29) is 5.92 Å². The molecule has 9 heteroatoms. The first kappa shape index (κ1) is 60.2. The number of fused-ring (bicyclic) bond motifs is 3. The van der Waals surface area contributed by atoms with Gasteiger partial charge in [-0.05, 0) is 197 Å². The number of hydrogen-bond acceptors (Lipinski definition) is 9. The first-order valence-electron chi connectivity index (χ1n) is 32.1. The van der Waals surface area contributed by atoms with Crippen molar-refractivity contribution in [3.05, 3.63) is 397 Å². The van der Waals surface area contributed by atoms with Crippen molar-refractivity contribution < 1.29 is 28.6 Å². The summed E-state index contributed by atoms with van der Waals surface area (Å²) in [7, 11) is 0. The van der Waals surface area contributed by atoms with Crippen LogP contribution in [0.15, 0.2) is 364 Å². The molecule has 0 bridgehead atoms. The fourth-order valence-corrected chi connectivity index (χ4v) is 12.7. The van der Waals surface area contributed by atoms with E-state index < -0.39 is 17.9 Å². The van der Waals surface area contributed by atoms with E-state index in [1.165, 1.54) is 0 Å². The summed E-state index contributed by atoms with van der Waals surface area (Å²) in [6.45, 7) is 0. The van der Waals surface area contributed by atoms with Gasteiger partial charge in [0.2, 0.25) is 0 Å². The lowest BCUT2D eigenvalue weighted by molar-refractivity contribution is 0.0725. The van der Waals surface area contributed by atoms with Crippen LogP contribution < -0.4 is 28.9 Å². The quantitative estimate of drug-likeness (QED) is 0.0473. The lowest BCUT2D eigenvalue weighted by Crippen LogP contribution is -2.12. The van der Waals surface area contributed by atoms with Gasteiger partial charge in [-0.1, -0.05) is 200 Å². The van der Waals surface area contributed by atoms with Gasteiger partial charge < -0.3 is 28.9 Å². The molecule has 0 saturated carbocycles. The van der Waals surface area contributed by atoms with Crippen molar-refractivity contribution in [3.8, 4) is 17.2 Å². The van der Waals surface area contributed by atoms with Crippen molar-refractivity contribution in [2.75, 3.05) is 14.7 Å². The van der Waals surface area contributed by atoms with Gasteiger partial charge >= 0.3 is 17.9 Å². The fraction of sp³-hybridized carbons (Fsp3) is 0.0114. The zero-order valence-electron chi connectivity index (χ0n) is 52.5. The van der Waals surface area contributed by atoms with Crippen LogP contribution >= 0.6 is 0 Å². The van der Waals surface area contributed by atoms with Crippen molar-refractivity contribution in [1.29, 1.82) is 0 Å². The molecule has 0 radical (unpaired) electrons. The van der Waals surface area contributed by atoms with Crippen molar-refractivity contribution in [2.24, 2.45) is 0 Å². The van der Waals surface area contributed by atoms with E-state index in [1.807, 2.05) is 164 Å². The van der Waals surface area contributed by atoms with E-state index in [0.717, 1.165) is 100 Å². The Kier molecular flexibility index (Phi) is 16.9. The Hall–Kier alpha value is -13.1. The monoisotopic (exact) mass is 1260 g/mol. The zero-order chi connectivity index (χ0) is 65.4. The molecular formula is C88H61N3O6. The number of esters is 3. The van der Waals surface area contributed by atoms with Crippen LogP contribution in [0.25, 0.3) is 32.3 Å². The fourth-order valence-electron chi connectivity index (χ4n) is 12.7. The summed E-state index contributed by atoms with van der Waals surface area (Å²) < 4.78 is 18.1. The summed E-state index contributed by atoms with van der Waals surface area (Å²) >= 11 is 0. The Morgan fingerprint density at radius 3 is 0.711 bits per heavy atom. The highest BCUT2D eigenvalue weighted by Gasteiger charge is 2.23. The molecule has 0 heterocycles. The van der Waals surface area contributed by atoms with Gasteiger partial charge in [-0.25, -0.2) is 14.4 Å². The van der Waals surface area contributed by atoms with Crippen LogP contribution in [-0.4, -0.2) is 17.9 Å². The van der Waals surface area contributed by atoms with Gasteiger partial charge in [0.1, 0.15) is 17.2 Å². The summed E-state index contributed by atoms with van der Waals surface area (Å²) in [5, 5.41) is 6.67. The number of para-hydroxylation sites is 3. The maximum Gasteiger partial charge on any atom is 0.343 e. The van der Waals surface area contributed by atoms with Crippen LogP contribution in [0.5, 0.6) is 17.2 Å². The molecule has 0 aliphatic rings. The Labute approximate surface area is 562 Å². The van der Waals surface area contributed by atoms with Gasteiger partial charge in [-0.3, -0.25) is 0 Å². The first-order chi connectivity index (χ1) is 47.8. The first-order valence-corrected chi connectivity index (χ1v) is 32.1. The molecule has 0 aliphatic heterocycles. The standard InChI is InChI=1S/C88H61N3O6/c92-86(67-37-49-73(50-38-67)89(70-25-4-1-5-26-70)82-34-16-22-61-19-10-13-31-79(61)82)95-76-55-43-64(44-56-76)85(65-45-57-77(58-46-65)96-87(93)68-39-51-74(52-40-68)90(71-27-6-2-7-28-71)83-35-17-23-62-20-11-14-32-80(62)83)66-47-59-78(60-48-66)97-88(94)69-41-53-75(54-42-69)91(72-29-8-3-9-30-72)84-36-18-24-63-21-12-15-33-81(63)84/h1-60,85H. The van der Waals surface area contributed by atoms with E-state index in [0.29, 0.717) is 33.9 Å². The molecule has 464 valence electrons. The topological polar surface area (TPSA) is 88.6 Å². The number of carbonyl (C=O) groups is 3. The molecule has 9 nitrogen and oxygen atoms in total. The number of rotatable bonds is 18. The Morgan fingerprint density at radius 1 is 0.216 bits per heavy atom. The highest BCUT2D eigenvalue weighted by molar-refractivity contribution is 6.02. The predicted molar refractivity (Wildman–Crippen MR) is 391 cm³/mol. The summed E-state index contributed by atoms with van der Waals surface area (Å²) in [6.07, 6.45) is 0. The van der Waals surface area contributed by atoms with Gasteiger partial charge in [-0.15, -0.1) is 0 Å². The van der Waals surface area contributed by atoms with Crippen molar-refractivity contribution >= 4 is 101 Å². The van der Waals surface area contributed by atoms with E-state index in [2.05, 4.69) is 142 Å². The molecule has 0 saturated heterocycles. The highest BCUT2D eigenvalue weighted by atomic mass is 16.5.